The molecule has 0 bridgehead atoms. The van der Waals surface area contributed by atoms with Crippen LogP contribution in [0.15, 0.2) is 24.3 Å². The molecule has 2 nitrogen and oxygen atoms in total. The van der Waals surface area contributed by atoms with Gasteiger partial charge in [0, 0.05) is 12.6 Å². The topological polar surface area (TPSA) is 23.5 Å². The Morgan fingerprint density at radius 3 is 2.63 bits per heavy atom. The molecule has 1 aliphatic heterocycles. The van der Waals surface area contributed by atoms with Crippen LogP contribution in [-0.4, -0.2) is 29.6 Å². The van der Waals surface area contributed by atoms with E-state index in [1.54, 1.807) is 0 Å². The molecule has 19 heavy (non-hydrogen) atoms. The summed E-state index contributed by atoms with van der Waals surface area (Å²) in [6.45, 7) is 3.20. The predicted octanol–water partition coefficient (Wildman–Crippen LogP) is 3.26. The van der Waals surface area contributed by atoms with Gasteiger partial charge >= 0.3 is 0 Å². The van der Waals surface area contributed by atoms with Crippen molar-refractivity contribution in [2.75, 3.05) is 13.6 Å². The van der Waals surface area contributed by atoms with E-state index in [-0.39, 0.29) is 0 Å². The molecule has 1 saturated heterocycles. The fourth-order valence-electron chi connectivity index (χ4n) is 3.57. The normalized spacial score (nSPS) is 33.1. The molecule has 1 saturated carbocycles. The van der Waals surface area contributed by atoms with E-state index in [2.05, 4.69) is 43.1 Å². The first-order valence-electron chi connectivity index (χ1n) is 7.62. The average molecular weight is 259 g/mol. The molecule has 0 radical (unpaired) electrons. The zero-order valence-electron chi connectivity index (χ0n) is 12.1. The minimum Gasteiger partial charge on any atom is -0.385 e. The smallest absolute Gasteiger partial charge is 0.0926 e. The minimum absolute atomic E-state index is 0.452. The van der Waals surface area contributed by atoms with E-state index in [1.807, 2.05) is 0 Å². The Morgan fingerprint density at radius 1 is 1.26 bits per heavy atom. The van der Waals surface area contributed by atoms with E-state index >= 15 is 0 Å². The summed E-state index contributed by atoms with van der Waals surface area (Å²) in [7, 11) is 2.15. The van der Waals surface area contributed by atoms with Gasteiger partial charge in [0.15, 0.2) is 0 Å². The third kappa shape index (κ3) is 2.32. The van der Waals surface area contributed by atoms with E-state index in [9.17, 15) is 5.11 Å². The zero-order valence-corrected chi connectivity index (χ0v) is 12.1. The van der Waals surface area contributed by atoms with Crippen LogP contribution >= 0.6 is 0 Å². The van der Waals surface area contributed by atoms with Gasteiger partial charge in [-0.3, -0.25) is 0 Å². The van der Waals surface area contributed by atoms with Crippen LogP contribution in [-0.2, 0) is 5.60 Å². The Hall–Kier alpha value is -0.860. The number of hydrogen-bond donors (Lipinski definition) is 1. The van der Waals surface area contributed by atoms with Crippen LogP contribution in [0.5, 0.6) is 0 Å². The third-order valence-corrected chi connectivity index (χ3v) is 5.27. The maximum Gasteiger partial charge on any atom is 0.0926 e. The van der Waals surface area contributed by atoms with Crippen molar-refractivity contribution in [3.63, 3.8) is 0 Å². The Balaban J connectivity index is 1.92. The van der Waals surface area contributed by atoms with Crippen molar-refractivity contribution in [3.8, 4) is 0 Å². The molecule has 0 aromatic heterocycles. The highest BCUT2D eigenvalue weighted by Crippen LogP contribution is 2.44. The second-order valence-corrected chi connectivity index (χ2v) is 6.53. The van der Waals surface area contributed by atoms with E-state index < -0.39 is 5.60 Å². The summed E-state index contributed by atoms with van der Waals surface area (Å²) in [6, 6.07) is 9.05. The zero-order chi connectivity index (χ0) is 13.5. The second-order valence-electron chi connectivity index (χ2n) is 6.53. The van der Waals surface area contributed by atoms with Gasteiger partial charge in [0.2, 0.25) is 0 Å². The van der Waals surface area contributed by atoms with E-state index in [4.69, 9.17) is 0 Å². The highest BCUT2D eigenvalue weighted by atomic mass is 16.3. The molecule has 0 spiro atoms. The number of rotatable bonds is 2. The molecule has 2 unspecified atom stereocenters. The molecule has 1 heterocycles. The molecule has 1 aromatic carbocycles. The molecular weight excluding hydrogens is 234 g/mol. The SMILES string of the molecule is CC1CC(O)(c2ccccc2C2CCC2)CCN1C. The highest BCUT2D eigenvalue weighted by Gasteiger charge is 2.39. The van der Waals surface area contributed by atoms with Gasteiger partial charge in [-0.25, -0.2) is 0 Å². The summed E-state index contributed by atoms with van der Waals surface area (Å²) in [5.74, 6) is 0.690. The standard InChI is InChI=1S/C17H25NO/c1-13-12-17(19,10-11-18(13)2)16-9-4-3-8-15(16)14-6-5-7-14/h3-4,8-9,13-14,19H,5-7,10-12H2,1-2H3. The van der Waals surface area contributed by atoms with Crippen molar-refractivity contribution in [2.24, 2.45) is 0 Å². The molecule has 1 aliphatic carbocycles. The Kier molecular flexibility index (Phi) is 3.40. The molecule has 1 N–H and O–H groups in total. The first-order chi connectivity index (χ1) is 9.10. The van der Waals surface area contributed by atoms with Gasteiger partial charge < -0.3 is 10.0 Å². The first-order valence-corrected chi connectivity index (χ1v) is 7.62. The highest BCUT2D eigenvalue weighted by molar-refractivity contribution is 5.36. The lowest BCUT2D eigenvalue weighted by molar-refractivity contribution is -0.0418. The molecule has 1 aromatic rings. The van der Waals surface area contributed by atoms with E-state index in [0.29, 0.717) is 12.0 Å². The summed E-state index contributed by atoms with van der Waals surface area (Å²) < 4.78 is 0. The Labute approximate surface area is 116 Å². The molecule has 2 aliphatic rings. The van der Waals surface area contributed by atoms with Gasteiger partial charge in [0.1, 0.15) is 0 Å². The van der Waals surface area contributed by atoms with Crippen LogP contribution in [0.2, 0.25) is 0 Å². The molecule has 2 atom stereocenters. The number of benzene rings is 1. The predicted molar refractivity (Wildman–Crippen MR) is 78.3 cm³/mol. The number of likely N-dealkylation sites (tertiary alicyclic amines) is 1. The Bertz CT molecular complexity index is 454. The fourth-order valence-corrected chi connectivity index (χ4v) is 3.57. The first kappa shape index (κ1) is 13.1. The lowest BCUT2D eigenvalue weighted by Gasteiger charge is -2.43. The molecular formula is C17H25NO. The maximum atomic E-state index is 11.2. The average Bonchev–Trinajstić information content (AvgIpc) is 2.33. The quantitative estimate of drug-likeness (QED) is 0.881. The minimum atomic E-state index is -0.613. The maximum absolute atomic E-state index is 11.2. The van der Waals surface area contributed by atoms with E-state index in [0.717, 1.165) is 19.4 Å². The largest absolute Gasteiger partial charge is 0.385 e. The summed E-state index contributed by atoms with van der Waals surface area (Å²) in [6.07, 6.45) is 5.65. The van der Waals surface area contributed by atoms with Gasteiger partial charge in [0.05, 0.1) is 5.60 Å². The number of aliphatic hydroxyl groups is 1. The van der Waals surface area contributed by atoms with Crippen molar-refractivity contribution < 1.29 is 5.11 Å². The summed E-state index contributed by atoms with van der Waals surface area (Å²) in [4.78, 5) is 2.35. The lowest BCUT2D eigenvalue weighted by Crippen LogP contribution is -2.46. The van der Waals surface area contributed by atoms with Crippen LogP contribution in [0, 0.1) is 0 Å². The molecule has 2 fully saturated rings. The van der Waals surface area contributed by atoms with Gasteiger partial charge in [-0.15, -0.1) is 0 Å². The number of piperidine rings is 1. The number of hydrogen-bond acceptors (Lipinski definition) is 2. The van der Waals surface area contributed by atoms with Crippen molar-refractivity contribution in [1.82, 2.24) is 4.90 Å². The summed E-state index contributed by atoms with van der Waals surface area (Å²) in [5, 5.41) is 11.2. The van der Waals surface area contributed by atoms with Gasteiger partial charge in [-0.05, 0) is 56.7 Å². The van der Waals surface area contributed by atoms with Crippen molar-refractivity contribution >= 4 is 0 Å². The summed E-state index contributed by atoms with van der Waals surface area (Å²) >= 11 is 0. The molecule has 3 rings (SSSR count). The van der Waals surface area contributed by atoms with Crippen molar-refractivity contribution in [3.05, 3.63) is 35.4 Å². The number of nitrogens with zero attached hydrogens (tertiary/aromatic N) is 1. The van der Waals surface area contributed by atoms with Crippen LogP contribution in [0.25, 0.3) is 0 Å². The van der Waals surface area contributed by atoms with Crippen LogP contribution < -0.4 is 0 Å². The fraction of sp³-hybridized carbons (Fsp3) is 0.647. The summed E-state index contributed by atoms with van der Waals surface area (Å²) in [5.41, 5.74) is 2.01. The monoisotopic (exact) mass is 259 g/mol. The lowest BCUT2D eigenvalue weighted by atomic mass is 9.72. The van der Waals surface area contributed by atoms with E-state index in [1.165, 1.54) is 30.4 Å². The van der Waals surface area contributed by atoms with Crippen LogP contribution in [0.3, 0.4) is 0 Å². The molecule has 2 heteroatoms. The van der Waals surface area contributed by atoms with Gasteiger partial charge in [-0.1, -0.05) is 30.7 Å². The molecule has 104 valence electrons. The van der Waals surface area contributed by atoms with Crippen molar-refractivity contribution in [1.29, 1.82) is 0 Å². The Morgan fingerprint density at radius 2 is 2.00 bits per heavy atom. The molecule has 0 amide bonds. The second kappa shape index (κ2) is 4.92. The van der Waals surface area contributed by atoms with Gasteiger partial charge in [-0.2, -0.15) is 0 Å². The van der Waals surface area contributed by atoms with Crippen LogP contribution in [0.4, 0.5) is 0 Å². The third-order valence-electron chi connectivity index (χ3n) is 5.27. The van der Waals surface area contributed by atoms with Crippen molar-refractivity contribution in [2.45, 2.75) is 56.6 Å². The van der Waals surface area contributed by atoms with Crippen LogP contribution in [0.1, 0.15) is 56.1 Å². The van der Waals surface area contributed by atoms with Gasteiger partial charge in [0.25, 0.3) is 0 Å².